The second-order valence-electron chi connectivity index (χ2n) is 2.41. The fraction of sp³-hybridized carbons (Fsp3) is 1.00. The molecule has 0 heterocycles. The summed E-state index contributed by atoms with van der Waals surface area (Å²) < 4.78 is 11.6. The standard InChI is InChI=1S/C7H16FNO/c1-3-7(10)6(2)9-5-4-8/h6-7,9-10H,3-5H2,1-2H3. The summed E-state index contributed by atoms with van der Waals surface area (Å²) in [7, 11) is 0. The molecule has 10 heavy (non-hydrogen) atoms. The smallest absolute Gasteiger partial charge is 0.102 e. The van der Waals surface area contributed by atoms with Gasteiger partial charge >= 0.3 is 0 Å². The minimum absolute atomic E-state index is 0.000694. The number of hydrogen-bond acceptors (Lipinski definition) is 2. The third-order valence-corrected chi connectivity index (χ3v) is 1.56. The van der Waals surface area contributed by atoms with Gasteiger partial charge in [-0.2, -0.15) is 0 Å². The highest BCUT2D eigenvalue weighted by atomic mass is 19.1. The molecular weight excluding hydrogens is 133 g/mol. The van der Waals surface area contributed by atoms with E-state index in [2.05, 4.69) is 5.32 Å². The highest BCUT2D eigenvalue weighted by molar-refractivity contribution is 4.68. The average Bonchev–Trinajstić information content (AvgIpc) is 1.98. The van der Waals surface area contributed by atoms with Crippen LogP contribution in [0.4, 0.5) is 4.39 Å². The average molecular weight is 149 g/mol. The molecular formula is C7H16FNO. The monoisotopic (exact) mass is 149 g/mol. The fourth-order valence-corrected chi connectivity index (χ4v) is 0.772. The van der Waals surface area contributed by atoms with Crippen LogP contribution in [-0.4, -0.2) is 30.5 Å². The Morgan fingerprint density at radius 3 is 2.60 bits per heavy atom. The van der Waals surface area contributed by atoms with Crippen molar-refractivity contribution < 1.29 is 9.50 Å². The number of aliphatic hydroxyl groups is 1. The summed E-state index contributed by atoms with van der Waals surface area (Å²) in [4.78, 5) is 0. The molecule has 0 bridgehead atoms. The summed E-state index contributed by atoms with van der Waals surface area (Å²) in [6, 6.07) is 0.000694. The Morgan fingerprint density at radius 2 is 2.20 bits per heavy atom. The Hall–Kier alpha value is -0.150. The lowest BCUT2D eigenvalue weighted by Gasteiger charge is -2.17. The van der Waals surface area contributed by atoms with E-state index in [4.69, 9.17) is 5.11 Å². The van der Waals surface area contributed by atoms with Crippen molar-refractivity contribution in [1.82, 2.24) is 5.32 Å². The molecule has 2 N–H and O–H groups in total. The van der Waals surface area contributed by atoms with Gasteiger partial charge in [0.05, 0.1) is 6.10 Å². The molecule has 0 radical (unpaired) electrons. The van der Waals surface area contributed by atoms with Crippen LogP contribution in [-0.2, 0) is 0 Å². The van der Waals surface area contributed by atoms with Crippen LogP contribution in [0.5, 0.6) is 0 Å². The summed E-state index contributed by atoms with van der Waals surface area (Å²) in [6.45, 7) is 3.71. The first-order chi connectivity index (χ1) is 4.72. The molecule has 0 aromatic carbocycles. The fourth-order valence-electron chi connectivity index (χ4n) is 0.772. The summed E-state index contributed by atoms with van der Waals surface area (Å²) >= 11 is 0. The van der Waals surface area contributed by atoms with Crippen LogP contribution < -0.4 is 5.32 Å². The predicted molar refractivity (Wildman–Crippen MR) is 39.7 cm³/mol. The van der Waals surface area contributed by atoms with Crippen LogP contribution in [0, 0.1) is 0 Å². The van der Waals surface area contributed by atoms with E-state index in [1.807, 2.05) is 13.8 Å². The van der Waals surface area contributed by atoms with E-state index >= 15 is 0 Å². The Bertz CT molecular complexity index is 80.0. The molecule has 62 valence electrons. The molecule has 0 amide bonds. The van der Waals surface area contributed by atoms with E-state index < -0.39 is 0 Å². The van der Waals surface area contributed by atoms with E-state index in [0.29, 0.717) is 13.0 Å². The first kappa shape index (κ1) is 9.85. The normalized spacial score (nSPS) is 16.8. The van der Waals surface area contributed by atoms with Crippen molar-refractivity contribution in [2.24, 2.45) is 0 Å². The third kappa shape index (κ3) is 3.80. The Morgan fingerprint density at radius 1 is 1.60 bits per heavy atom. The second kappa shape index (κ2) is 5.62. The first-order valence-electron chi connectivity index (χ1n) is 3.69. The van der Waals surface area contributed by atoms with Crippen LogP contribution >= 0.6 is 0 Å². The second-order valence-corrected chi connectivity index (χ2v) is 2.41. The van der Waals surface area contributed by atoms with Crippen molar-refractivity contribution in [2.75, 3.05) is 13.2 Å². The van der Waals surface area contributed by atoms with Crippen molar-refractivity contribution in [3.63, 3.8) is 0 Å². The SMILES string of the molecule is CCC(O)C(C)NCCF. The number of hydrogen-bond donors (Lipinski definition) is 2. The summed E-state index contributed by atoms with van der Waals surface area (Å²) in [5.41, 5.74) is 0. The molecule has 2 nitrogen and oxygen atoms in total. The van der Waals surface area contributed by atoms with Crippen molar-refractivity contribution in [1.29, 1.82) is 0 Å². The van der Waals surface area contributed by atoms with E-state index in [0.717, 1.165) is 0 Å². The Kier molecular flexibility index (Phi) is 5.54. The van der Waals surface area contributed by atoms with Gasteiger partial charge in [-0.25, -0.2) is 4.39 Å². The zero-order valence-corrected chi connectivity index (χ0v) is 6.60. The van der Waals surface area contributed by atoms with Gasteiger partial charge in [0, 0.05) is 12.6 Å². The lowest BCUT2D eigenvalue weighted by Crippen LogP contribution is -2.37. The molecule has 0 saturated heterocycles. The maximum atomic E-state index is 11.6. The molecule has 0 aromatic rings. The quantitative estimate of drug-likeness (QED) is 0.603. The molecule has 0 aliphatic carbocycles. The van der Waals surface area contributed by atoms with E-state index in [-0.39, 0.29) is 18.8 Å². The van der Waals surface area contributed by atoms with Gasteiger partial charge in [-0.15, -0.1) is 0 Å². The van der Waals surface area contributed by atoms with Gasteiger partial charge in [0.25, 0.3) is 0 Å². The lowest BCUT2D eigenvalue weighted by molar-refractivity contribution is 0.129. The van der Waals surface area contributed by atoms with Crippen molar-refractivity contribution in [3.05, 3.63) is 0 Å². The van der Waals surface area contributed by atoms with Crippen LogP contribution in [0.25, 0.3) is 0 Å². The molecule has 0 aliphatic heterocycles. The molecule has 0 rings (SSSR count). The Balaban J connectivity index is 3.31. The largest absolute Gasteiger partial charge is 0.392 e. The molecule has 0 aromatic heterocycles. The molecule has 0 aliphatic rings. The van der Waals surface area contributed by atoms with Crippen LogP contribution in [0.1, 0.15) is 20.3 Å². The van der Waals surface area contributed by atoms with Gasteiger partial charge in [0.15, 0.2) is 0 Å². The Labute approximate surface area is 61.4 Å². The lowest BCUT2D eigenvalue weighted by atomic mass is 10.1. The van der Waals surface area contributed by atoms with E-state index in [9.17, 15) is 4.39 Å². The number of halogens is 1. The number of alkyl halides is 1. The summed E-state index contributed by atoms with van der Waals surface area (Å²) in [6.07, 6.45) is 0.354. The van der Waals surface area contributed by atoms with Crippen molar-refractivity contribution in [2.45, 2.75) is 32.4 Å². The summed E-state index contributed by atoms with van der Waals surface area (Å²) in [5.74, 6) is 0. The van der Waals surface area contributed by atoms with Gasteiger partial charge in [0.1, 0.15) is 6.67 Å². The zero-order valence-electron chi connectivity index (χ0n) is 6.60. The van der Waals surface area contributed by atoms with Gasteiger partial charge in [-0.1, -0.05) is 6.92 Å². The van der Waals surface area contributed by atoms with Gasteiger partial charge in [-0.05, 0) is 13.3 Å². The van der Waals surface area contributed by atoms with E-state index in [1.165, 1.54) is 0 Å². The predicted octanol–water partition coefficient (Wildman–Crippen LogP) is 0.705. The molecule has 0 fully saturated rings. The minimum atomic E-state index is -0.374. The van der Waals surface area contributed by atoms with Crippen molar-refractivity contribution >= 4 is 0 Å². The molecule has 3 heteroatoms. The topological polar surface area (TPSA) is 32.3 Å². The first-order valence-corrected chi connectivity index (χ1v) is 3.69. The van der Waals surface area contributed by atoms with E-state index in [1.54, 1.807) is 0 Å². The highest BCUT2D eigenvalue weighted by Crippen LogP contribution is 1.95. The number of rotatable bonds is 5. The minimum Gasteiger partial charge on any atom is -0.392 e. The van der Waals surface area contributed by atoms with Crippen molar-refractivity contribution in [3.8, 4) is 0 Å². The van der Waals surface area contributed by atoms with Crippen LogP contribution in [0.3, 0.4) is 0 Å². The number of aliphatic hydroxyl groups excluding tert-OH is 1. The van der Waals surface area contributed by atoms with Gasteiger partial charge < -0.3 is 10.4 Å². The summed E-state index contributed by atoms with van der Waals surface area (Å²) in [5, 5.41) is 12.0. The highest BCUT2D eigenvalue weighted by Gasteiger charge is 2.09. The molecule has 2 atom stereocenters. The number of nitrogens with one attached hydrogen (secondary N) is 1. The molecule has 0 saturated carbocycles. The maximum Gasteiger partial charge on any atom is 0.102 e. The maximum absolute atomic E-state index is 11.6. The zero-order chi connectivity index (χ0) is 7.98. The molecule has 0 spiro atoms. The van der Waals surface area contributed by atoms with Gasteiger partial charge in [-0.3, -0.25) is 0 Å². The van der Waals surface area contributed by atoms with Crippen LogP contribution in [0.2, 0.25) is 0 Å². The molecule has 2 unspecified atom stereocenters. The third-order valence-electron chi connectivity index (χ3n) is 1.56. The van der Waals surface area contributed by atoms with Crippen LogP contribution in [0.15, 0.2) is 0 Å². The van der Waals surface area contributed by atoms with Gasteiger partial charge in [0.2, 0.25) is 0 Å².